The van der Waals surface area contributed by atoms with Crippen LogP contribution in [-0.2, 0) is 0 Å². The molecule has 0 radical (unpaired) electrons. The van der Waals surface area contributed by atoms with Gasteiger partial charge in [-0.1, -0.05) is 6.92 Å². The van der Waals surface area contributed by atoms with Crippen LogP contribution in [0.1, 0.15) is 30.6 Å². The number of ether oxygens (including phenoxy) is 2. The fourth-order valence-electron chi connectivity index (χ4n) is 1.56. The van der Waals surface area contributed by atoms with Gasteiger partial charge in [0.1, 0.15) is 0 Å². The quantitative estimate of drug-likeness (QED) is 0.780. The van der Waals surface area contributed by atoms with Gasteiger partial charge in [-0.25, -0.2) is 0 Å². The van der Waals surface area contributed by atoms with Crippen molar-refractivity contribution < 1.29 is 14.3 Å². The third kappa shape index (κ3) is 2.27. The van der Waals surface area contributed by atoms with Crippen LogP contribution in [0.2, 0.25) is 0 Å². The Morgan fingerprint density at radius 2 is 2.12 bits per heavy atom. The number of benzene rings is 1. The van der Waals surface area contributed by atoms with Gasteiger partial charge in [-0.2, -0.15) is 0 Å². The molecule has 1 aromatic rings. The summed E-state index contributed by atoms with van der Waals surface area (Å²) in [7, 11) is 0. The molecule has 0 fully saturated rings. The topological polar surface area (TPSA) is 73.6 Å². The van der Waals surface area contributed by atoms with Gasteiger partial charge in [-0.05, 0) is 19.4 Å². The molecule has 1 unspecified atom stereocenters. The van der Waals surface area contributed by atoms with Gasteiger partial charge in [-0.3, -0.25) is 4.79 Å². The number of hydrogen-bond donors (Lipinski definition) is 2. The van der Waals surface area contributed by atoms with Crippen molar-refractivity contribution in [1.29, 1.82) is 0 Å². The second kappa shape index (κ2) is 4.53. The van der Waals surface area contributed by atoms with E-state index in [4.69, 9.17) is 15.2 Å². The number of rotatable bonds is 3. The lowest BCUT2D eigenvalue weighted by atomic mass is 10.1. The van der Waals surface area contributed by atoms with Crippen LogP contribution in [-0.4, -0.2) is 18.7 Å². The largest absolute Gasteiger partial charge is 0.454 e. The molecule has 17 heavy (non-hydrogen) atoms. The van der Waals surface area contributed by atoms with E-state index in [-0.39, 0.29) is 18.7 Å². The van der Waals surface area contributed by atoms with Crippen LogP contribution in [0.4, 0.5) is 5.69 Å². The Morgan fingerprint density at radius 1 is 1.47 bits per heavy atom. The maximum atomic E-state index is 11.9. The van der Waals surface area contributed by atoms with E-state index >= 15 is 0 Å². The Hall–Kier alpha value is -1.91. The molecule has 1 aliphatic heterocycles. The third-order valence-electron chi connectivity index (χ3n) is 2.78. The minimum absolute atomic E-state index is 0.118. The highest BCUT2D eigenvalue weighted by Crippen LogP contribution is 2.35. The van der Waals surface area contributed by atoms with Gasteiger partial charge in [0.2, 0.25) is 6.79 Å². The molecular formula is C12H16N2O3. The van der Waals surface area contributed by atoms with Crippen molar-refractivity contribution in [2.24, 2.45) is 0 Å². The number of nitrogen functional groups attached to an aromatic ring is 1. The predicted octanol–water partition coefficient (Wildman–Crippen LogP) is 1.53. The number of nitrogens with one attached hydrogen (secondary N) is 1. The maximum Gasteiger partial charge on any atom is 0.253 e. The van der Waals surface area contributed by atoms with E-state index in [0.717, 1.165) is 6.42 Å². The van der Waals surface area contributed by atoms with E-state index in [0.29, 0.717) is 22.7 Å². The van der Waals surface area contributed by atoms with Gasteiger partial charge in [-0.15, -0.1) is 0 Å². The summed E-state index contributed by atoms with van der Waals surface area (Å²) in [5.74, 6) is 0.964. The lowest BCUT2D eigenvalue weighted by molar-refractivity contribution is 0.0939. The number of fused-ring (bicyclic) bond motifs is 1. The van der Waals surface area contributed by atoms with Gasteiger partial charge >= 0.3 is 0 Å². The van der Waals surface area contributed by atoms with Crippen molar-refractivity contribution in [1.82, 2.24) is 5.32 Å². The standard InChI is InChI=1S/C12H16N2O3/c1-3-7(2)14-12(15)8-4-10-11(5-9(8)13)17-6-16-10/h4-5,7H,3,6,13H2,1-2H3,(H,14,15). The van der Waals surface area contributed by atoms with Crippen molar-refractivity contribution in [2.45, 2.75) is 26.3 Å². The van der Waals surface area contributed by atoms with E-state index < -0.39 is 0 Å². The highest BCUT2D eigenvalue weighted by Gasteiger charge is 2.20. The van der Waals surface area contributed by atoms with Crippen LogP contribution in [0.5, 0.6) is 11.5 Å². The minimum atomic E-state index is -0.185. The third-order valence-corrected chi connectivity index (χ3v) is 2.78. The first-order chi connectivity index (χ1) is 8.11. The van der Waals surface area contributed by atoms with Crippen molar-refractivity contribution in [3.8, 4) is 11.5 Å². The molecule has 92 valence electrons. The zero-order chi connectivity index (χ0) is 12.4. The van der Waals surface area contributed by atoms with Crippen molar-refractivity contribution in [3.05, 3.63) is 17.7 Å². The molecule has 1 heterocycles. The molecule has 1 atom stereocenters. The molecule has 5 nitrogen and oxygen atoms in total. The van der Waals surface area contributed by atoms with Crippen molar-refractivity contribution >= 4 is 11.6 Å². The SMILES string of the molecule is CCC(C)NC(=O)c1cc2c(cc1N)OCO2. The van der Waals surface area contributed by atoms with E-state index in [1.54, 1.807) is 12.1 Å². The summed E-state index contributed by atoms with van der Waals surface area (Å²) >= 11 is 0. The number of nitrogens with two attached hydrogens (primary N) is 1. The Kier molecular flexibility index (Phi) is 3.08. The maximum absolute atomic E-state index is 11.9. The van der Waals surface area contributed by atoms with E-state index in [1.807, 2.05) is 13.8 Å². The van der Waals surface area contributed by atoms with Gasteiger partial charge in [0.05, 0.1) is 5.56 Å². The molecule has 0 bridgehead atoms. The number of anilines is 1. The van der Waals surface area contributed by atoms with Crippen LogP contribution in [0.15, 0.2) is 12.1 Å². The van der Waals surface area contributed by atoms with Gasteiger partial charge < -0.3 is 20.5 Å². The van der Waals surface area contributed by atoms with Crippen LogP contribution in [0, 0.1) is 0 Å². The molecule has 0 aromatic heterocycles. The highest BCUT2D eigenvalue weighted by atomic mass is 16.7. The Morgan fingerprint density at radius 3 is 2.76 bits per heavy atom. The smallest absolute Gasteiger partial charge is 0.253 e. The lowest BCUT2D eigenvalue weighted by Gasteiger charge is -2.13. The zero-order valence-electron chi connectivity index (χ0n) is 9.95. The molecule has 1 amide bonds. The lowest BCUT2D eigenvalue weighted by Crippen LogP contribution is -2.32. The molecule has 1 aliphatic rings. The summed E-state index contributed by atoms with van der Waals surface area (Å²) < 4.78 is 10.4. The molecule has 0 saturated heterocycles. The first-order valence-electron chi connectivity index (χ1n) is 5.61. The molecule has 0 aliphatic carbocycles. The number of carbonyl (C=O) groups excluding carboxylic acids is 1. The second-order valence-electron chi connectivity index (χ2n) is 4.08. The second-order valence-corrected chi connectivity index (χ2v) is 4.08. The van der Waals surface area contributed by atoms with Gasteiger partial charge in [0.25, 0.3) is 5.91 Å². The normalized spacial score (nSPS) is 14.5. The summed E-state index contributed by atoms with van der Waals surface area (Å²) in [5, 5.41) is 2.86. The zero-order valence-corrected chi connectivity index (χ0v) is 9.95. The van der Waals surface area contributed by atoms with Gasteiger partial charge in [0.15, 0.2) is 11.5 Å². The van der Waals surface area contributed by atoms with Crippen LogP contribution in [0.3, 0.4) is 0 Å². The van der Waals surface area contributed by atoms with Crippen LogP contribution in [0.25, 0.3) is 0 Å². The first-order valence-corrected chi connectivity index (χ1v) is 5.61. The summed E-state index contributed by atoms with van der Waals surface area (Å²) in [6.07, 6.45) is 0.871. The van der Waals surface area contributed by atoms with E-state index in [1.165, 1.54) is 0 Å². The monoisotopic (exact) mass is 236 g/mol. The predicted molar refractivity (Wildman–Crippen MR) is 64.2 cm³/mol. The number of hydrogen-bond acceptors (Lipinski definition) is 4. The summed E-state index contributed by atoms with van der Waals surface area (Å²) in [6, 6.07) is 3.36. The minimum Gasteiger partial charge on any atom is -0.454 e. The van der Waals surface area contributed by atoms with Crippen LogP contribution >= 0.6 is 0 Å². The molecule has 2 rings (SSSR count). The van der Waals surface area contributed by atoms with Crippen LogP contribution < -0.4 is 20.5 Å². The average Bonchev–Trinajstić information content (AvgIpc) is 2.74. The highest BCUT2D eigenvalue weighted by molar-refractivity contribution is 6.00. The molecule has 0 spiro atoms. The first kappa shape index (κ1) is 11.6. The van der Waals surface area contributed by atoms with Crippen molar-refractivity contribution in [3.63, 3.8) is 0 Å². The average molecular weight is 236 g/mol. The molecule has 3 N–H and O–H groups in total. The van der Waals surface area contributed by atoms with Gasteiger partial charge in [0, 0.05) is 17.8 Å². The summed E-state index contributed by atoms with van der Waals surface area (Å²) in [4.78, 5) is 11.9. The fraction of sp³-hybridized carbons (Fsp3) is 0.417. The number of carbonyl (C=O) groups is 1. The van der Waals surface area contributed by atoms with E-state index in [9.17, 15) is 4.79 Å². The number of amides is 1. The summed E-state index contributed by atoms with van der Waals surface area (Å²) in [6.45, 7) is 4.13. The summed E-state index contributed by atoms with van der Waals surface area (Å²) in [5.41, 5.74) is 6.64. The molecule has 1 aromatic carbocycles. The Balaban J connectivity index is 2.23. The van der Waals surface area contributed by atoms with Crippen molar-refractivity contribution in [2.75, 3.05) is 12.5 Å². The molecule has 5 heteroatoms. The van der Waals surface area contributed by atoms with E-state index in [2.05, 4.69) is 5.32 Å². The Labute approximate surface area is 99.9 Å². The molecule has 0 saturated carbocycles. The molecular weight excluding hydrogens is 220 g/mol. The Bertz CT molecular complexity index is 446. The fourth-order valence-corrected chi connectivity index (χ4v) is 1.56.